The molecule has 0 radical (unpaired) electrons. The average molecular weight is 279 g/mol. The number of piperidine rings is 1. The number of aryl methyl sites for hydroxylation is 1. The summed E-state index contributed by atoms with van der Waals surface area (Å²) >= 11 is 0. The van der Waals surface area contributed by atoms with E-state index in [4.69, 9.17) is 5.73 Å². The Morgan fingerprint density at radius 2 is 2.15 bits per heavy atom. The van der Waals surface area contributed by atoms with E-state index in [1.54, 1.807) is 4.90 Å². The van der Waals surface area contributed by atoms with Crippen molar-refractivity contribution < 1.29 is 9.59 Å². The van der Waals surface area contributed by atoms with Gasteiger partial charge in [0.25, 0.3) is 0 Å². The molecule has 1 fully saturated rings. The molecule has 0 saturated carbocycles. The maximum Gasteiger partial charge on any atom is 0.312 e. The number of hydrogen-bond acceptors (Lipinski definition) is 3. The zero-order valence-electron chi connectivity index (χ0n) is 11.7. The standard InChI is InChI=1S/C13H21N5O2/c1-2-17-8-5-15-12(17)10-3-6-18(7-4-10)11(19)9-16-13(14)20/h5,8,10H,2-4,6-7,9H2,1H3,(H3,14,16,20). The lowest BCUT2D eigenvalue weighted by Gasteiger charge is -2.32. The molecule has 1 aromatic rings. The van der Waals surface area contributed by atoms with Crippen molar-refractivity contribution in [3.05, 3.63) is 18.2 Å². The van der Waals surface area contributed by atoms with Crippen LogP contribution in [0.2, 0.25) is 0 Å². The fourth-order valence-corrected chi connectivity index (χ4v) is 2.61. The molecular formula is C13H21N5O2. The molecule has 0 spiro atoms. The number of urea groups is 1. The molecule has 3 N–H and O–H groups in total. The summed E-state index contributed by atoms with van der Waals surface area (Å²) < 4.78 is 2.15. The fourth-order valence-electron chi connectivity index (χ4n) is 2.61. The van der Waals surface area contributed by atoms with Crippen molar-refractivity contribution in [1.29, 1.82) is 0 Å². The third kappa shape index (κ3) is 3.28. The van der Waals surface area contributed by atoms with Gasteiger partial charge < -0.3 is 20.5 Å². The van der Waals surface area contributed by atoms with Crippen LogP contribution in [0, 0.1) is 0 Å². The van der Waals surface area contributed by atoms with Crippen LogP contribution in [0.25, 0.3) is 0 Å². The summed E-state index contributed by atoms with van der Waals surface area (Å²) in [7, 11) is 0. The first-order valence-electron chi connectivity index (χ1n) is 6.94. The number of rotatable bonds is 4. The zero-order chi connectivity index (χ0) is 14.5. The highest BCUT2D eigenvalue weighted by Gasteiger charge is 2.26. The first-order valence-corrected chi connectivity index (χ1v) is 6.94. The molecule has 7 heteroatoms. The van der Waals surface area contributed by atoms with Crippen LogP contribution in [0.3, 0.4) is 0 Å². The van der Waals surface area contributed by atoms with Crippen molar-refractivity contribution in [2.24, 2.45) is 5.73 Å². The van der Waals surface area contributed by atoms with Crippen molar-refractivity contribution in [1.82, 2.24) is 19.8 Å². The molecule has 1 aromatic heterocycles. The summed E-state index contributed by atoms with van der Waals surface area (Å²) in [6, 6.07) is -0.668. The number of aromatic nitrogens is 2. The van der Waals surface area contributed by atoms with Gasteiger partial charge >= 0.3 is 6.03 Å². The normalized spacial score (nSPS) is 16.1. The second-order valence-corrected chi connectivity index (χ2v) is 4.94. The molecular weight excluding hydrogens is 258 g/mol. The third-order valence-corrected chi connectivity index (χ3v) is 3.72. The molecule has 0 atom stereocenters. The Hall–Kier alpha value is -2.05. The van der Waals surface area contributed by atoms with Crippen LogP contribution in [0.15, 0.2) is 12.4 Å². The molecule has 2 rings (SSSR count). The SMILES string of the molecule is CCn1ccnc1C1CCN(C(=O)CNC(N)=O)CC1. The molecule has 7 nitrogen and oxygen atoms in total. The highest BCUT2D eigenvalue weighted by atomic mass is 16.2. The van der Waals surface area contributed by atoms with Gasteiger partial charge in [0, 0.05) is 37.9 Å². The fraction of sp³-hybridized carbons (Fsp3) is 0.615. The van der Waals surface area contributed by atoms with Gasteiger partial charge in [0.05, 0.1) is 6.54 Å². The molecule has 1 aliphatic rings. The van der Waals surface area contributed by atoms with Crippen molar-refractivity contribution in [3.8, 4) is 0 Å². The Kier molecular flexibility index (Phi) is 4.60. The lowest BCUT2D eigenvalue weighted by Crippen LogP contribution is -2.45. The van der Waals surface area contributed by atoms with Crippen LogP contribution in [-0.4, -0.2) is 46.0 Å². The number of carbonyl (C=O) groups is 2. The predicted molar refractivity (Wildman–Crippen MR) is 74.0 cm³/mol. The minimum atomic E-state index is -0.668. The van der Waals surface area contributed by atoms with E-state index >= 15 is 0 Å². The Morgan fingerprint density at radius 1 is 1.45 bits per heavy atom. The van der Waals surface area contributed by atoms with Crippen molar-refractivity contribution in [2.75, 3.05) is 19.6 Å². The topological polar surface area (TPSA) is 93.2 Å². The van der Waals surface area contributed by atoms with E-state index in [0.29, 0.717) is 19.0 Å². The summed E-state index contributed by atoms with van der Waals surface area (Å²) in [5.74, 6) is 1.43. The number of hydrogen-bond donors (Lipinski definition) is 2. The van der Waals surface area contributed by atoms with Gasteiger partial charge in [0.15, 0.2) is 0 Å². The largest absolute Gasteiger partial charge is 0.352 e. The Balaban J connectivity index is 1.86. The number of nitrogens with zero attached hydrogens (tertiary/aromatic N) is 3. The van der Waals surface area contributed by atoms with Crippen molar-refractivity contribution >= 4 is 11.9 Å². The smallest absolute Gasteiger partial charge is 0.312 e. The van der Waals surface area contributed by atoms with Gasteiger partial charge in [-0.25, -0.2) is 9.78 Å². The highest BCUT2D eigenvalue weighted by Crippen LogP contribution is 2.26. The van der Waals surface area contributed by atoms with E-state index in [1.807, 2.05) is 12.4 Å². The number of nitrogens with one attached hydrogen (secondary N) is 1. The summed E-state index contributed by atoms with van der Waals surface area (Å²) in [4.78, 5) is 28.6. The van der Waals surface area contributed by atoms with Crippen LogP contribution < -0.4 is 11.1 Å². The molecule has 3 amide bonds. The number of likely N-dealkylation sites (tertiary alicyclic amines) is 1. The van der Waals surface area contributed by atoms with E-state index in [1.165, 1.54) is 0 Å². The molecule has 0 unspecified atom stereocenters. The first kappa shape index (κ1) is 14.4. The number of carbonyl (C=O) groups excluding carboxylic acids is 2. The van der Waals surface area contributed by atoms with Gasteiger partial charge in [-0.3, -0.25) is 4.79 Å². The molecule has 0 aliphatic carbocycles. The summed E-state index contributed by atoms with van der Waals surface area (Å²) in [5.41, 5.74) is 4.96. The lowest BCUT2D eigenvalue weighted by atomic mass is 9.96. The minimum Gasteiger partial charge on any atom is -0.352 e. The minimum absolute atomic E-state index is 0.0242. The summed E-state index contributed by atoms with van der Waals surface area (Å²) in [6.45, 7) is 4.38. The molecule has 20 heavy (non-hydrogen) atoms. The quantitative estimate of drug-likeness (QED) is 0.829. The highest BCUT2D eigenvalue weighted by molar-refractivity contribution is 5.83. The van der Waals surface area contributed by atoms with Gasteiger partial charge in [0.1, 0.15) is 5.82 Å². The maximum atomic E-state index is 11.9. The summed E-state index contributed by atoms with van der Waals surface area (Å²) in [6.07, 6.45) is 5.62. The average Bonchev–Trinajstić information content (AvgIpc) is 2.93. The molecule has 2 heterocycles. The molecule has 0 bridgehead atoms. The van der Waals surface area contributed by atoms with E-state index in [9.17, 15) is 9.59 Å². The van der Waals surface area contributed by atoms with E-state index in [-0.39, 0.29) is 12.5 Å². The lowest BCUT2D eigenvalue weighted by molar-refractivity contribution is -0.131. The van der Waals surface area contributed by atoms with Crippen LogP contribution in [0.4, 0.5) is 4.79 Å². The number of nitrogens with two attached hydrogens (primary N) is 1. The van der Waals surface area contributed by atoms with Gasteiger partial charge in [0.2, 0.25) is 5.91 Å². The maximum absolute atomic E-state index is 11.9. The van der Waals surface area contributed by atoms with E-state index in [2.05, 4.69) is 21.8 Å². The third-order valence-electron chi connectivity index (χ3n) is 3.72. The van der Waals surface area contributed by atoms with Crippen LogP contribution >= 0.6 is 0 Å². The van der Waals surface area contributed by atoms with Gasteiger partial charge in [-0.1, -0.05) is 0 Å². The van der Waals surface area contributed by atoms with Crippen LogP contribution in [-0.2, 0) is 11.3 Å². The summed E-state index contributed by atoms with van der Waals surface area (Å²) in [5, 5.41) is 2.33. The predicted octanol–water partition coefficient (Wildman–Crippen LogP) is 0.277. The van der Waals surface area contributed by atoms with Crippen molar-refractivity contribution in [2.45, 2.75) is 32.2 Å². The Morgan fingerprint density at radius 3 is 2.75 bits per heavy atom. The second-order valence-electron chi connectivity index (χ2n) is 4.94. The van der Waals surface area contributed by atoms with Gasteiger partial charge in [-0.05, 0) is 19.8 Å². The molecule has 0 aromatic carbocycles. The molecule has 110 valence electrons. The van der Waals surface area contributed by atoms with Gasteiger partial charge in [-0.2, -0.15) is 0 Å². The number of primary amides is 1. The van der Waals surface area contributed by atoms with E-state index in [0.717, 1.165) is 25.2 Å². The Bertz CT molecular complexity index is 477. The van der Waals surface area contributed by atoms with Crippen LogP contribution in [0.1, 0.15) is 31.5 Å². The first-order chi connectivity index (χ1) is 9.61. The molecule has 1 aliphatic heterocycles. The van der Waals surface area contributed by atoms with Crippen molar-refractivity contribution in [3.63, 3.8) is 0 Å². The zero-order valence-corrected chi connectivity index (χ0v) is 11.7. The van der Waals surface area contributed by atoms with Gasteiger partial charge in [-0.15, -0.1) is 0 Å². The van der Waals surface area contributed by atoms with Crippen LogP contribution in [0.5, 0.6) is 0 Å². The second kappa shape index (κ2) is 6.40. The number of amides is 3. The Labute approximate surface area is 118 Å². The van der Waals surface area contributed by atoms with E-state index < -0.39 is 6.03 Å². The number of imidazole rings is 1. The monoisotopic (exact) mass is 279 g/mol. The molecule has 1 saturated heterocycles.